The molecule has 4 N–H and O–H groups in total. The Balaban J connectivity index is 1.41. The molecule has 5 rings (SSSR count). The number of hydrogen-bond donors (Lipinski definition) is 4. The van der Waals surface area contributed by atoms with Gasteiger partial charge in [-0.1, -0.05) is 6.07 Å². The van der Waals surface area contributed by atoms with E-state index in [0.29, 0.717) is 30.9 Å². The van der Waals surface area contributed by atoms with E-state index in [1.165, 1.54) is 7.11 Å². The fourth-order valence-electron chi connectivity index (χ4n) is 6.84. The lowest BCUT2D eigenvalue weighted by atomic mass is 9.50. The molecule has 2 aliphatic carbocycles. The smallest absolute Gasteiger partial charge is 0.348 e. The van der Waals surface area contributed by atoms with Crippen LogP contribution in [-0.4, -0.2) is 112 Å². The van der Waals surface area contributed by atoms with Gasteiger partial charge in [0.2, 0.25) is 6.10 Å². The molecule has 0 aromatic heterocycles. The van der Waals surface area contributed by atoms with E-state index in [0.717, 1.165) is 18.1 Å². The molecule has 15 heteroatoms. The van der Waals surface area contributed by atoms with Crippen LogP contribution in [0.15, 0.2) is 24.0 Å². The van der Waals surface area contributed by atoms with E-state index in [1.54, 1.807) is 12.1 Å². The molecule has 1 aromatic carbocycles. The van der Waals surface area contributed by atoms with Crippen molar-refractivity contribution in [1.29, 1.82) is 0 Å². The molecule has 0 saturated carbocycles. The molecule has 0 unspecified atom stereocenters. The fraction of sp³-hybridized carbons (Fsp3) is 0.552. The van der Waals surface area contributed by atoms with Gasteiger partial charge in [-0.2, -0.15) is 0 Å². The number of piperidine rings is 1. The van der Waals surface area contributed by atoms with Crippen LogP contribution in [0.4, 0.5) is 0 Å². The number of carboxylic acids is 2. The van der Waals surface area contributed by atoms with Crippen LogP contribution in [0.25, 0.3) is 0 Å². The molecule has 7 atom stereocenters. The Hall–Kier alpha value is -4.21. The lowest BCUT2D eigenvalue weighted by molar-refractivity contribution is -0.180. The van der Waals surface area contributed by atoms with Gasteiger partial charge in [-0.15, -0.1) is 0 Å². The predicted octanol–water partition coefficient (Wildman–Crippen LogP) is -0.330. The highest BCUT2D eigenvalue weighted by Crippen LogP contribution is 2.65. The van der Waals surface area contributed by atoms with E-state index in [4.69, 9.17) is 33.9 Å². The van der Waals surface area contributed by atoms with Crippen molar-refractivity contribution in [3.05, 3.63) is 35.1 Å². The van der Waals surface area contributed by atoms with Crippen LogP contribution in [-0.2, 0) is 50.0 Å². The predicted molar refractivity (Wildman–Crippen MR) is 144 cm³/mol. The number of carbonyl (C=O) groups is 5. The van der Waals surface area contributed by atoms with Crippen LogP contribution >= 0.6 is 0 Å². The van der Waals surface area contributed by atoms with Crippen LogP contribution in [0.5, 0.6) is 11.5 Å². The van der Waals surface area contributed by atoms with Gasteiger partial charge in [0.05, 0.1) is 31.0 Å². The molecule has 238 valence electrons. The number of hydrogen-bond acceptors (Lipinski definition) is 13. The van der Waals surface area contributed by atoms with Gasteiger partial charge < -0.3 is 49.0 Å². The lowest BCUT2D eigenvalue weighted by Crippen LogP contribution is -2.74. The largest absolute Gasteiger partial charge is 0.493 e. The first-order valence-electron chi connectivity index (χ1n) is 14.0. The normalized spacial score (nSPS) is 28.2. The second-order valence-corrected chi connectivity index (χ2v) is 11.4. The number of methoxy groups -OCH3 is 1. The SMILES string of the molecule is COc1ccc2c3c1O[C@H]1C(OC(=O)C[C@H](OC(=O)C[C@H](O)C(=O)O)C(=O)O[C@@H](C)C(=O)O)=CC[C@@]4(O)[C@@H](C2)N(C)CC[C@]314. The van der Waals surface area contributed by atoms with Crippen molar-refractivity contribution >= 4 is 29.8 Å². The molecule has 15 nitrogen and oxygen atoms in total. The molecule has 2 aliphatic heterocycles. The minimum atomic E-state index is -2.15. The van der Waals surface area contributed by atoms with Gasteiger partial charge in [-0.05, 0) is 51.1 Å². The summed E-state index contributed by atoms with van der Waals surface area (Å²) < 4.78 is 27.3. The molecule has 4 aliphatic rings. The number of benzene rings is 1. The Morgan fingerprint density at radius 1 is 1.09 bits per heavy atom. The number of aliphatic hydroxyl groups is 2. The van der Waals surface area contributed by atoms with Crippen LogP contribution in [0.1, 0.15) is 43.7 Å². The molecule has 1 saturated heterocycles. The number of nitrogens with zero attached hydrogens (tertiary/aromatic N) is 1. The standard InChI is InChI=1S/C29H33NO14/c1-13(25(34)35)41-27(38)18(43-20(32)11-15(31)26(36)37)12-21(33)42-17-6-7-29(39)19-10-14-4-5-16(40-3)23-22(14)28(29,24(17)44-23)8-9-30(19)2/h4-6,13,15,18-19,24,31,39H,7-12H2,1-3H3,(H,34,35)(H,36,37)/t13-,15-,18-,19+,24-,28-,29+/m0/s1. The van der Waals surface area contributed by atoms with Crippen molar-refractivity contribution in [2.45, 2.75) is 80.5 Å². The van der Waals surface area contributed by atoms with Crippen LogP contribution in [0, 0.1) is 0 Å². The zero-order chi connectivity index (χ0) is 32.1. The van der Waals surface area contributed by atoms with Crippen molar-refractivity contribution in [3.8, 4) is 11.5 Å². The van der Waals surface area contributed by atoms with Gasteiger partial charge >= 0.3 is 29.8 Å². The summed E-state index contributed by atoms with van der Waals surface area (Å²) in [7, 11) is 3.43. The maximum atomic E-state index is 13.2. The van der Waals surface area contributed by atoms with Crippen LogP contribution < -0.4 is 9.47 Å². The van der Waals surface area contributed by atoms with Gasteiger partial charge in [0, 0.05) is 18.0 Å². The van der Waals surface area contributed by atoms with Crippen molar-refractivity contribution in [2.75, 3.05) is 20.7 Å². The zero-order valence-electron chi connectivity index (χ0n) is 24.2. The summed E-state index contributed by atoms with van der Waals surface area (Å²) in [5.41, 5.74) is -0.487. The van der Waals surface area contributed by atoms with Gasteiger partial charge in [0.1, 0.15) is 5.76 Å². The third-order valence-electron chi connectivity index (χ3n) is 8.96. The molecule has 44 heavy (non-hydrogen) atoms. The maximum Gasteiger partial charge on any atom is 0.348 e. The Labute approximate surface area is 250 Å². The van der Waals surface area contributed by atoms with Crippen molar-refractivity contribution in [2.24, 2.45) is 0 Å². The molecular formula is C29H33NO14. The van der Waals surface area contributed by atoms with E-state index >= 15 is 0 Å². The summed E-state index contributed by atoms with van der Waals surface area (Å²) in [6.07, 6.45) is -6.07. The average molecular weight is 620 g/mol. The van der Waals surface area contributed by atoms with Crippen molar-refractivity contribution in [1.82, 2.24) is 4.90 Å². The number of carboxylic acid groups (broad SMARTS) is 2. The molecule has 2 bridgehead atoms. The number of esters is 3. The summed E-state index contributed by atoms with van der Waals surface area (Å²) in [6, 6.07) is 3.46. The highest BCUT2D eigenvalue weighted by atomic mass is 16.6. The molecule has 2 heterocycles. The van der Waals surface area contributed by atoms with E-state index in [9.17, 15) is 34.2 Å². The van der Waals surface area contributed by atoms with Gasteiger partial charge in [0.15, 0.2) is 29.8 Å². The lowest BCUT2D eigenvalue weighted by Gasteiger charge is -2.61. The molecular weight excluding hydrogens is 586 g/mol. The minimum absolute atomic E-state index is 0.0627. The van der Waals surface area contributed by atoms with Crippen LogP contribution in [0.2, 0.25) is 0 Å². The Bertz CT molecular complexity index is 1440. The number of carbonyl (C=O) groups excluding carboxylic acids is 3. The summed E-state index contributed by atoms with van der Waals surface area (Å²) in [5.74, 6) is -6.12. The number of likely N-dealkylation sites (N-methyl/N-ethyl adjacent to an activating group) is 1. The molecule has 1 aromatic rings. The second kappa shape index (κ2) is 11.4. The Morgan fingerprint density at radius 2 is 1.82 bits per heavy atom. The minimum Gasteiger partial charge on any atom is -0.493 e. The van der Waals surface area contributed by atoms with Gasteiger partial charge in [-0.3, -0.25) is 9.59 Å². The quantitative estimate of drug-likeness (QED) is 0.184. The number of aliphatic carboxylic acids is 2. The van der Waals surface area contributed by atoms with Crippen LogP contribution in [0.3, 0.4) is 0 Å². The maximum absolute atomic E-state index is 13.2. The van der Waals surface area contributed by atoms with E-state index in [2.05, 4.69) is 4.90 Å². The van der Waals surface area contributed by atoms with E-state index < -0.39 is 78.1 Å². The molecule has 0 radical (unpaired) electrons. The number of rotatable bonds is 11. The summed E-state index contributed by atoms with van der Waals surface area (Å²) in [5, 5.41) is 39.7. The van der Waals surface area contributed by atoms with Gasteiger partial charge in [-0.25, -0.2) is 14.4 Å². The first-order valence-corrected chi connectivity index (χ1v) is 14.0. The second-order valence-electron chi connectivity index (χ2n) is 11.4. The van der Waals surface area contributed by atoms with Crippen molar-refractivity contribution < 1.29 is 68.1 Å². The fourth-order valence-corrected chi connectivity index (χ4v) is 6.84. The van der Waals surface area contributed by atoms with E-state index in [-0.39, 0.29) is 18.2 Å². The summed E-state index contributed by atoms with van der Waals surface area (Å²) in [6.45, 7) is 1.66. The molecule has 1 spiro atoms. The number of aliphatic hydroxyl groups excluding tert-OH is 1. The highest BCUT2D eigenvalue weighted by Gasteiger charge is 2.72. The van der Waals surface area contributed by atoms with Gasteiger partial charge in [0.25, 0.3) is 0 Å². The third-order valence-corrected chi connectivity index (χ3v) is 8.96. The molecule has 1 fully saturated rings. The monoisotopic (exact) mass is 619 g/mol. The van der Waals surface area contributed by atoms with E-state index in [1.807, 2.05) is 13.1 Å². The van der Waals surface area contributed by atoms with Crippen molar-refractivity contribution in [3.63, 3.8) is 0 Å². The molecule has 0 amide bonds. The third kappa shape index (κ3) is 4.94. The highest BCUT2D eigenvalue weighted by molar-refractivity contribution is 5.87. The average Bonchev–Trinajstić information content (AvgIpc) is 3.31. The Morgan fingerprint density at radius 3 is 2.48 bits per heavy atom. The topological polar surface area (TPSA) is 216 Å². The number of likely N-dealkylation sites (tertiary alicyclic amines) is 1. The Kier molecular flexibility index (Phi) is 8.07. The summed E-state index contributed by atoms with van der Waals surface area (Å²) in [4.78, 5) is 62.4. The summed E-state index contributed by atoms with van der Waals surface area (Å²) >= 11 is 0. The first kappa shape index (κ1) is 31.2. The first-order chi connectivity index (χ1) is 20.7. The zero-order valence-corrected chi connectivity index (χ0v) is 24.2. The number of ether oxygens (including phenoxy) is 5.